The molecule has 86 valence electrons. The minimum Gasteiger partial charge on any atom is -0.481 e. The molecule has 0 saturated heterocycles. The number of carboxylic acid groups (broad SMARTS) is 2. The third-order valence-electron chi connectivity index (χ3n) is 2.93. The summed E-state index contributed by atoms with van der Waals surface area (Å²) >= 11 is 6.78. The van der Waals surface area contributed by atoms with Crippen molar-refractivity contribution in [1.82, 2.24) is 0 Å². The van der Waals surface area contributed by atoms with Gasteiger partial charge in [-0.15, -0.1) is 0 Å². The molecule has 1 fully saturated rings. The maximum Gasteiger partial charge on any atom is 0.307 e. The summed E-state index contributed by atoms with van der Waals surface area (Å²) in [5, 5.41) is 18.0. The monoisotopic (exact) mass is 342 g/mol. The summed E-state index contributed by atoms with van der Waals surface area (Å²) in [5.41, 5.74) is 0. The van der Waals surface area contributed by atoms with Crippen molar-refractivity contribution in [3.05, 3.63) is 0 Å². The topological polar surface area (TPSA) is 74.6 Å². The molecule has 1 aliphatic carbocycles. The molecule has 6 heteroatoms. The SMILES string of the molecule is C[C@H]1[C@@H](Br)[C@@H](Br)C[C@@H](C(=O)O)[C@H]1C(=O)O. The molecular formula is C9H12Br2O4. The van der Waals surface area contributed by atoms with Gasteiger partial charge in [-0.3, -0.25) is 9.59 Å². The van der Waals surface area contributed by atoms with Crippen molar-refractivity contribution >= 4 is 43.8 Å². The second-order valence-corrected chi connectivity index (χ2v) is 6.10. The lowest BCUT2D eigenvalue weighted by Crippen LogP contribution is -2.46. The molecule has 4 nitrogen and oxygen atoms in total. The number of aliphatic carboxylic acids is 2. The van der Waals surface area contributed by atoms with Crippen molar-refractivity contribution in [2.24, 2.45) is 17.8 Å². The molecule has 0 heterocycles. The number of rotatable bonds is 2. The van der Waals surface area contributed by atoms with Crippen LogP contribution in [0, 0.1) is 17.8 Å². The van der Waals surface area contributed by atoms with Crippen molar-refractivity contribution < 1.29 is 19.8 Å². The van der Waals surface area contributed by atoms with E-state index >= 15 is 0 Å². The zero-order valence-electron chi connectivity index (χ0n) is 8.06. The Morgan fingerprint density at radius 2 is 1.73 bits per heavy atom. The van der Waals surface area contributed by atoms with Crippen LogP contribution in [0.1, 0.15) is 13.3 Å². The summed E-state index contributed by atoms with van der Waals surface area (Å²) in [6, 6.07) is 0. The van der Waals surface area contributed by atoms with E-state index in [0.29, 0.717) is 6.42 Å². The largest absolute Gasteiger partial charge is 0.481 e. The van der Waals surface area contributed by atoms with Crippen LogP contribution in [0.4, 0.5) is 0 Å². The van der Waals surface area contributed by atoms with Crippen LogP contribution >= 0.6 is 31.9 Å². The van der Waals surface area contributed by atoms with Gasteiger partial charge >= 0.3 is 11.9 Å². The van der Waals surface area contributed by atoms with Gasteiger partial charge in [0.25, 0.3) is 0 Å². The summed E-state index contributed by atoms with van der Waals surface area (Å²) in [7, 11) is 0. The third kappa shape index (κ3) is 2.53. The zero-order valence-corrected chi connectivity index (χ0v) is 11.2. The highest BCUT2D eigenvalue weighted by molar-refractivity contribution is 9.12. The fraction of sp³-hybridized carbons (Fsp3) is 0.778. The van der Waals surface area contributed by atoms with Gasteiger partial charge in [-0.05, 0) is 12.3 Å². The molecule has 1 aliphatic rings. The van der Waals surface area contributed by atoms with E-state index in [1.54, 1.807) is 6.92 Å². The van der Waals surface area contributed by atoms with Crippen molar-refractivity contribution in [3.8, 4) is 0 Å². The minimum atomic E-state index is -1.03. The molecule has 0 aromatic carbocycles. The Hall–Kier alpha value is -0.100. The maximum absolute atomic E-state index is 11.0. The van der Waals surface area contributed by atoms with Gasteiger partial charge in [0.05, 0.1) is 11.8 Å². The number of carboxylic acids is 2. The molecule has 1 rings (SSSR count). The molecule has 0 unspecified atom stereocenters. The Labute approximate surface area is 104 Å². The van der Waals surface area contributed by atoms with Crippen LogP contribution in [0.15, 0.2) is 0 Å². The van der Waals surface area contributed by atoms with Gasteiger partial charge in [0.15, 0.2) is 0 Å². The smallest absolute Gasteiger partial charge is 0.307 e. The number of halogens is 2. The first-order valence-corrected chi connectivity index (χ1v) is 6.43. The van der Waals surface area contributed by atoms with Crippen LogP contribution in [-0.4, -0.2) is 31.8 Å². The van der Waals surface area contributed by atoms with E-state index in [1.165, 1.54) is 0 Å². The lowest BCUT2D eigenvalue weighted by molar-refractivity contribution is -0.157. The van der Waals surface area contributed by atoms with E-state index in [2.05, 4.69) is 31.9 Å². The molecule has 15 heavy (non-hydrogen) atoms. The van der Waals surface area contributed by atoms with E-state index in [1.807, 2.05) is 0 Å². The summed E-state index contributed by atoms with van der Waals surface area (Å²) in [6.45, 7) is 1.77. The predicted octanol–water partition coefficient (Wildman–Crippen LogP) is 1.95. The second kappa shape index (κ2) is 4.82. The summed E-state index contributed by atoms with van der Waals surface area (Å²) in [5.74, 6) is -3.89. The number of hydrogen-bond donors (Lipinski definition) is 2. The Kier molecular flexibility index (Phi) is 4.17. The van der Waals surface area contributed by atoms with E-state index in [9.17, 15) is 9.59 Å². The molecule has 0 aromatic heterocycles. The first-order valence-electron chi connectivity index (χ1n) is 4.60. The summed E-state index contributed by atoms with van der Waals surface area (Å²) in [4.78, 5) is 22.0. The molecule has 1 saturated carbocycles. The van der Waals surface area contributed by atoms with E-state index in [-0.39, 0.29) is 15.6 Å². The lowest BCUT2D eigenvalue weighted by atomic mass is 9.72. The van der Waals surface area contributed by atoms with E-state index in [0.717, 1.165) is 0 Å². The Balaban J connectivity index is 2.96. The Morgan fingerprint density at radius 1 is 1.20 bits per heavy atom. The van der Waals surface area contributed by atoms with Crippen molar-refractivity contribution in [2.75, 3.05) is 0 Å². The standard InChI is InChI=1S/C9H12Br2O4/c1-3-6(9(14)15)4(8(12)13)2-5(10)7(3)11/h3-7H,2H2,1H3,(H,12,13)(H,14,15)/t3-,4-,5+,6+,7-/m1/s1. The normalized spacial score (nSPS) is 41.1. The molecule has 2 N–H and O–H groups in total. The van der Waals surface area contributed by atoms with Crippen molar-refractivity contribution in [2.45, 2.75) is 23.0 Å². The molecule has 0 aromatic rings. The van der Waals surface area contributed by atoms with Gasteiger partial charge in [0.2, 0.25) is 0 Å². The fourth-order valence-electron chi connectivity index (χ4n) is 2.06. The molecule has 0 amide bonds. The molecule has 0 bridgehead atoms. The van der Waals surface area contributed by atoms with Gasteiger partial charge in [0, 0.05) is 9.65 Å². The highest BCUT2D eigenvalue weighted by Crippen LogP contribution is 2.42. The van der Waals surface area contributed by atoms with Gasteiger partial charge in [-0.2, -0.15) is 0 Å². The van der Waals surface area contributed by atoms with Crippen LogP contribution in [0.3, 0.4) is 0 Å². The Bertz CT molecular complexity index is 281. The summed E-state index contributed by atoms with van der Waals surface area (Å²) < 4.78 is 0. The van der Waals surface area contributed by atoms with Crippen molar-refractivity contribution in [3.63, 3.8) is 0 Å². The second-order valence-electron chi connectivity index (χ2n) is 3.86. The van der Waals surface area contributed by atoms with Crippen LogP contribution < -0.4 is 0 Å². The molecule has 0 radical (unpaired) electrons. The number of hydrogen-bond acceptors (Lipinski definition) is 2. The highest BCUT2D eigenvalue weighted by atomic mass is 79.9. The van der Waals surface area contributed by atoms with Crippen LogP contribution in [0.2, 0.25) is 0 Å². The quantitative estimate of drug-likeness (QED) is 0.751. The van der Waals surface area contributed by atoms with Gasteiger partial charge in [-0.25, -0.2) is 0 Å². The van der Waals surface area contributed by atoms with Crippen LogP contribution in [-0.2, 0) is 9.59 Å². The number of carbonyl (C=O) groups is 2. The predicted molar refractivity (Wildman–Crippen MR) is 61.5 cm³/mol. The highest BCUT2D eigenvalue weighted by Gasteiger charge is 2.47. The first kappa shape index (κ1) is 13.0. The van der Waals surface area contributed by atoms with Gasteiger partial charge in [0.1, 0.15) is 0 Å². The number of alkyl halides is 2. The molecule has 0 aliphatic heterocycles. The van der Waals surface area contributed by atoms with E-state index < -0.39 is 23.8 Å². The van der Waals surface area contributed by atoms with Gasteiger partial charge in [-0.1, -0.05) is 38.8 Å². The van der Waals surface area contributed by atoms with Crippen LogP contribution in [0.25, 0.3) is 0 Å². The Morgan fingerprint density at radius 3 is 2.13 bits per heavy atom. The van der Waals surface area contributed by atoms with E-state index in [4.69, 9.17) is 10.2 Å². The third-order valence-corrected chi connectivity index (χ3v) is 6.05. The minimum absolute atomic E-state index is 0.00389. The fourth-order valence-corrected chi connectivity index (χ4v) is 3.49. The zero-order chi connectivity index (χ0) is 11.7. The molecule has 0 spiro atoms. The maximum atomic E-state index is 11.0. The molecular weight excluding hydrogens is 332 g/mol. The average molecular weight is 344 g/mol. The lowest BCUT2D eigenvalue weighted by Gasteiger charge is -2.38. The van der Waals surface area contributed by atoms with Crippen LogP contribution in [0.5, 0.6) is 0 Å². The summed E-state index contributed by atoms with van der Waals surface area (Å²) in [6.07, 6.45) is 0.340. The average Bonchev–Trinajstić information content (AvgIpc) is 2.12. The van der Waals surface area contributed by atoms with Gasteiger partial charge < -0.3 is 10.2 Å². The first-order chi connectivity index (χ1) is 6.86. The molecule has 5 atom stereocenters. The van der Waals surface area contributed by atoms with Crippen molar-refractivity contribution in [1.29, 1.82) is 0 Å².